The van der Waals surface area contributed by atoms with Gasteiger partial charge in [-0.3, -0.25) is 14.5 Å². The molecule has 1 aliphatic heterocycles. The summed E-state index contributed by atoms with van der Waals surface area (Å²) in [7, 11) is 0. The van der Waals surface area contributed by atoms with Crippen LogP contribution < -0.4 is 9.84 Å². The predicted molar refractivity (Wildman–Crippen MR) is 99.9 cm³/mol. The summed E-state index contributed by atoms with van der Waals surface area (Å²) in [6.45, 7) is 2.33. The van der Waals surface area contributed by atoms with E-state index in [0.29, 0.717) is 22.8 Å². The Bertz CT molecular complexity index is 920. The van der Waals surface area contributed by atoms with Gasteiger partial charge in [0.15, 0.2) is 0 Å². The fourth-order valence-corrected chi connectivity index (χ4v) is 3.44. The maximum Gasteiger partial charge on any atom is 0.293 e. The topological polar surface area (TPSA) is 86.7 Å². The highest BCUT2D eigenvalue weighted by molar-refractivity contribution is 8.18. The summed E-state index contributed by atoms with van der Waals surface area (Å²) in [5, 5.41) is 10.6. The number of imide groups is 1. The quantitative estimate of drug-likeness (QED) is 0.714. The second-order valence-electron chi connectivity index (χ2n) is 5.77. The molecule has 0 unspecified atom stereocenters. The molecule has 0 bridgehead atoms. The predicted octanol–water partition coefficient (Wildman–Crippen LogP) is 2.69. The van der Waals surface area contributed by atoms with Crippen LogP contribution in [0.15, 0.2) is 53.4 Å². The molecule has 0 radical (unpaired) electrons. The largest absolute Gasteiger partial charge is 0.545 e. The summed E-state index contributed by atoms with van der Waals surface area (Å²) in [5.74, 6) is -0.901. The van der Waals surface area contributed by atoms with E-state index in [2.05, 4.69) is 0 Å². The minimum Gasteiger partial charge on any atom is -0.545 e. The minimum absolute atomic E-state index is 0.104. The van der Waals surface area contributed by atoms with Crippen LogP contribution in [0, 0.1) is 0 Å². The number of rotatable bonds is 6. The second-order valence-corrected chi connectivity index (χ2v) is 6.76. The molecule has 6 nitrogen and oxygen atoms in total. The highest BCUT2D eigenvalue weighted by Crippen LogP contribution is 2.32. The molecule has 27 heavy (non-hydrogen) atoms. The standard InChI is InChI=1S/C20H17NO5S/c1-2-21-18(22)17(27-20(21)25)11-13-6-8-16(9-7-13)26-12-14-4-3-5-15(10-14)19(23)24/h3-11H,2,12H2,1H3,(H,23,24)/p-1/b17-11-. The first-order valence-electron chi connectivity index (χ1n) is 8.26. The third kappa shape index (κ3) is 4.38. The summed E-state index contributed by atoms with van der Waals surface area (Å²) in [4.78, 5) is 36.3. The van der Waals surface area contributed by atoms with Gasteiger partial charge in [-0.2, -0.15) is 0 Å². The molecule has 1 heterocycles. The lowest BCUT2D eigenvalue weighted by Crippen LogP contribution is -2.27. The Labute approximate surface area is 160 Å². The van der Waals surface area contributed by atoms with E-state index in [0.717, 1.165) is 17.3 Å². The smallest absolute Gasteiger partial charge is 0.293 e. The highest BCUT2D eigenvalue weighted by atomic mass is 32.2. The summed E-state index contributed by atoms with van der Waals surface area (Å²) < 4.78 is 5.66. The Balaban J connectivity index is 1.65. The first-order valence-corrected chi connectivity index (χ1v) is 9.08. The SMILES string of the molecule is CCN1C(=O)S/C(=C\c2ccc(OCc3cccc(C(=O)[O-])c3)cc2)C1=O. The number of carbonyl (C=O) groups excluding carboxylic acids is 3. The van der Waals surface area contributed by atoms with E-state index in [-0.39, 0.29) is 23.3 Å². The van der Waals surface area contributed by atoms with Gasteiger partial charge in [-0.1, -0.05) is 30.3 Å². The number of amides is 2. The van der Waals surface area contributed by atoms with Gasteiger partial charge in [0.2, 0.25) is 0 Å². The van der Waals surface area contributed by atoms with Crippen molar-refractivity contribution in [2.75, 3.05) is 6.54 Å². The van der Waals surface area contributed by atoms with Crippen molar-refractivity contribution in [2.24, 2.45) is 0 Å². The van der Waals surface area contributed by atoms with Gasteiger partial charge >= 0.3 is 0 Å². The summed E-state index contributed by atoms with van der Waals surface area (Å²) in [5.41, 5.74) is 1.60. The van der Waals surface area contributed by atoms with Crippen LogP contribution in [0.4, 0.5) is 4.79 Å². The Hall–Kier alpha value is -3.06. The number of hydrogen-bond acceptors (Lipinski definition) is 6. The van der Waals surface area contributed by atoms with Gasteiger partial charge in [-0.15, -0.1) is 0 Å². The number of likely N-dealkylation sites (N-methyl/N-ethyl adjacent to an activating group) is 1. The monoisotopic (exact) mass is 382 g/mol. The fourth-order valence-electron chi connectivity index (χ4n) is 2.54. The first kappa shape index (κ1) is 18.7. The van der Waals surface area contributed by atoms with Gasteiger partial charge in [0.25, 0.3) is 11.1 Å². The number of hydrogen-bond donors (Lipinski definition) is 0. The van der Waals surface area contributed by atoms with Gasteiger partial charge in [0, 0.05) is 6.54 Å². The minimum atomic E-state index is -1.23. The van der Waals surface area contributed by atoms with E-state index >= 15 is 0 Å². The van der Waals surface area contributed by atoms with Crippen molar-refractivity contribution in [2.45, 2.75) is 13.5 Å². The lowest BCUT2D eigenvalue weighted by Gasteiger charge is -2.09. The summed E-state index contributed by atoms with van der Waals surface area (Å²) in [6, 6.07) is 13.4. The highest BCUT2D eigenvalue weighted by Gasteiger charge is 2.33. The maximum absolute atomic E-state index is 12.1. The summed E-state index contributed by atoms with van der Waals surface area (Å²) in [6.07, 6.45) is 1.67. The fraction of sp³-hybridized carbons (Fsp3) is 0.150. The lowest BCUT2D eigenvalue weighted by molar-refractivity contribution is -0.255. The van der Waals surface area contributed by atoms with Gasteiger partial charge in [0.1, 0.15) is 12.4 Å². The van der Waals surface area contributed by atoms with Crippen molar-refractivity contribution in [1.82, 2.24) is 4.90 Å². The van der Waals surface area contributed by atoms with E-state index in [4.69, 9.17) is 4.74 Å². The van der Waals surface area contributed by atoms with E-state index < -0.39 is 5.97 Å². The number of benzene rings is 2. The molecular weight excluding hydrogens is 366 g/mol. The van der Waals surface area contributed by atoms with Crippen LogP contribution in [0.5, 0.6) is 5.75 Å². The molecule has 138 valence electrons. The maximum atomic E-state index is 12.1. The molecule has 2 aromatic carbocycles. The number of aromatic carboxylic acids is 1. The Morgan fingerprint density at radius 2 is 1.93 bits per heavy atom. The van der Waals surface area contributed by atoms with Crippen LogP contribution in [0.3, 0.4) is 0 Å². The molecule has 0 saturated carbocycles. The molecule has 0 atom stereocenters. The molecule has 1 aliphatic rings. The lowest BCUT2D eigenvalue weighted by atomic mass is 10.1. The molecule has 1 saturated heterocycles. The summed E-state index contributed by atoms with van der Waals surface area (Å²) >= 11 is 0.931. The van der Waals surface area contributed by atoms with Crippen molar-refractivity contribution in [3.63, 3.8) is 0 Å². The molecule has 0 aliphatic carbocycles. The molecule has 3 rings (SSSR count). The average Bonchev–Trinajstić information content (AvgIpc) is 2.94. The van der Waals surface area contributed by atoms with Crippen molar-refractivity contribution in [1.29, 1.82) is 0 Å². The van der Waals surface area contributed by atoms with Crippen molar-refractivity contribution < 1.29 is 24.2 Å². The number of ether oxygens (including phenoxy) is 1. The van der Waals surface area contributed by atoms with Gasteiger partial charge < -0.3 is 14.6 Å². The van der Waals surface area contributed by atoms with Gasteiger partial charge in [-0.05, 0) is 59.7 Å². The van der Waals surface area contributed by atoms with Gasteiger partial charge in [-0.25, -0.2) is 0 Å². The van der Waals surface area contributed by atoms with E-state index in [1.54, 1.807) is 49.4 Å². The zero-order valence-electron chi connectivity index (χ0n) is 14.5. The van der Waals surface area contributed by atoms with Crippen LogP contribution >= 0.6 is 11.8 Å². The number of nitrogens with zero attached hydrogens (tertiary/aromatic N) is 1. The van der Waals surface area contributed by atoms with Crippen LogP contribution in [0.25, 0.3) is 6.08 Å². The first-order chi connectivity index (χ1) is 13.0. The number of carboxylic acids is 1. The average molecular weight is 382 g/mol. The van der Waals surface area contributed by atoms with Crippen molar-refractivity contribution >= 4 is 35.0 Å². The van der Waals surface area contributed by atoms with Crippen molar-refractivity contribution in [3.8, 4) is 5.75 Å². The Kier molecular flexibility index (Phi) is 5.61. The van der Waals surface area contributed by atoms with Crippen LogP contribution in [0.2, 0.25) is 0 Å². The number of carboxylic acid groups (broad SMARTS) is 1. The molecule has 0 aromatic heterocycles. The molecular formula is C20H16NO5S-. The van der Waals surface area contributed by atoms with Crippen molar-refractivity contribution in [3.05, 3.63) is 70.1 Å². The molecule has 0 spiro atoms. The third-order valence-electron chi connectivity index (χ3n) is 3.94. The zero-order valence-corrected chi connectivity index (χ0v) is 15.3. The van der Waals surface area contributed by atoms with E-state index in [1.165, 1.54) is 17.0 Å². The molecule has 0 N–H and O–H groups in total. The van der Waals surface area contributed by atoms with Gasteiger partial charge in [0.05, 0.1) is 10.9 Å². The normalized spacial score (nSPS) is 15.4. The Morgan fingerprint density at radius 3 is 2.56 bits per heavy atom. The van der Waals surface area contributed by atoms with Crippen LogP contribution in [0.1, 0.15) is 28.4 Å². The van der Waals surface area contributed by atoms with E-state index in [1.807, 2.05) is 0 Å². The zero-order chi connectivity index (χ0) is 19.4. The molecule has 2 aromatic rings. The number of carbonyl (C=O) groups is 3. The molecule has 2 amide bonds. The van der Waals surface area contributed by atoms with Crippen LogP contribution in [-0.2, 0) is 11.4 Å². The second kappa shape index (κ2) is 8.09. The molecule has 1 fully saturated rings. The van der Waals surface area contributed by atoms with Crippen LogP contribution in [-0.4, -0.2) is 28.6 Å². The molecule has 7 heteroatoms. The Morgan fingerprint density at radius 1 is 1.19 bits per heavy atom. The van der Waals surface area contributed by atoms with E-state index in [9.17, 15) is 19.5 Å². The number of thioether (sulfide) groups is 1. The third-order valence-corrected chi connectivity index (χ3v) is 4.84.